The van der Waals surface area contributed by atoms with Crippen molar-refractivity contribution >= 4 is 39.0 Å². The monoisotopic (exact) mass is 335 g/mol. The quantitative estimate of drug-likeness (QED) is 0.774. The smallest absolute Gasteiger partial charge is 0.265 e. The van der Waals surface area contributed by atoms with Crippen LogP contribution < -0.4 is 0 Å². The molecule has 0 unspecified atom stereocenters. The van der Waals surface area contributed by atoms with Gasteiger partial charge in [0.15, 0.2) is 10.1 Å². The number of hydrogen-bond acceptors (Lipinski definition) is 4. The van der Waals surface area contributed by atoms with Gasteiger partial charge < -0.3 is 0 Å². The second-order valence-corrected chi connectivity index (χ2v) is 8.06. The molecule has 2 aliphatic rings. The van der Waals surface area contributed by atoms with Crippen LogP contribution in [-0.2, 0) is 21.3 Å². The van der Waals surface area contributed by atoms with E-state index in [2.05, 4.69) is 0 Å². The number of fused-ring (bicyclic) bond motifs is 1. The third kappa shape index (κ3) is 2.16. The van der Waals surface area contributed by atoms with E-state index in [0.717, 1.165) is 4.47 Å². The van der Waals surface area contributed by atoms with E-state index in [-0.39, 0.29) is 11.3 Å². The Bertz CT molecular complexity index is 681. The normalized spacial score (nSPS) is 22.2. The molecule has 1 heterocycles. The van der Waals surface area contributed by atoms with Gasteiger partial charge >= 0.3 is 0 Å². The first-order chi connectivity index (χ1) is 9.32. The Hall–Kier alpha value is -0.660. The molecule has 5 nitrogen and oxygen atoms in total. The van der Waals surface area contributed by atoms with E-state index in [1.807, 2.05) is 0 Å². The number of halogens is 2. The second kappa shape index (κ2) is 4.68. The fourth-order valence-corrected chi connectivity index (χ4v) is 4.19. The fourth-order valence-electron chi connectivity index (χ4n) is 2.35. The molecule has 1 aromatic carbocycles. The van der Waals surface area contributed by atoms with Gasteiger partial charge in [-0.05, 0) is 30.2 Å². The molecule has 108 valence electrons. The first kappa shape index (κ1) is 14.3. The van der Waals surface area contributed by atoms with Gasteiger partial charge in [-0.1, -0.05) is 27.7 Å². The molecule has 0 spiro atoms. The standard InChI is InChI=1S/C12H11Cl2NO4S/c13-12(14)7-8-6-9(2-3-10(8)11(12)16)20(17,18)15-4-1-5-19-15/h2-3,6H,1,4-5,7H2. The first-order valence-corrected chi connectivity index (χ1v) is 8.23. The van der Waals surface area contributed by atoms with Crippen LogP contribution in [0.1, 0.15) is 22.3 Å². The number of hydroxylamine groups is 1. The van der Waals surface area contributed by atoms with E-state index in [0.29, 0.717) is 30.7 Å². The maximum absolute atomic E-state index is 12.3. The van der Waals surface area contributed by atoms with Crippen LogP contribution >= 0.6 is 23.2 Å². The van der Waals surface area contributed by atoms with Gasteiger partial charge in [0.2, 0.25) is 0 Å². The molecule has 8 heteroatoms. The van der Waals surface area contributed by atoms with E-state index in [9.17, 15) is 13.2 Å². The summed E-state index contributed by atoms with van der Waals surface area (Å²) in [6, 6.07) is 4.27. The molecule has 0 aromatic heterocycles. The third-order valence-corrected chi connectivity index (χ3v) is 5.64. The largest absolute Gasteiger partial charge is 0.291 e. The number of benzene rings is 1. The van der Waals surface area contributed by atoms with Crippen LogP contribution in [-0.4, -0.2) is 36.2 Å². The first-order valence-electron chi connectivity index (χ1n) is 6.03. The molecule has 20 heavy (non-hydrogen) atoms. The Morgan fingerprint density at radius 3 is 2.70 bits per heavy atom. The van der Waals surface area contributed by atoms with Crippen molar-refractivity contribution in [2.75, 3.05) is 13.2 Å². The molecule has 3 rings (SSSR count). The maximum Gasteiger partial charge on any atom is 0.265 e. The lowest BCUT2D eigenvalue weighted by Crippen LogP contribution is -2.26. The summed E-state index contributed by atoms with van der Waals surface area (Å²) < 4.78 is 24.1. The highest BCUT2D eigenvalue weighted by Crippen LogP contribution is 2.39. The zero-order valence-corrected chi connectivity index (χ0v) is 12.6. The molecule has 1 saturated heterocycles. The van der Waals surface area contributed by atoms with Crippen LogP contribution in [0.15, 0.2) is 23.1 Å². The van der Waals surface area contributed by atoms with Gasteiger partial charge in [-0.2, -0.15) is 0 Å². The minimum Gasteiger partial charge on any atom is -0.291 e. The highest BCUT2D eigenvalue weighted by molar-refractivity contribution is 7.89. The molecule has 0 atom stereocenters. The molecule has 1 aromatic rings. The number of rotatable bonds is 2. The van der Waals surface area contributed by atoms with Crippen molar-refractivity contribution in [1.29, 1.82) is 0 Å². The highest BCUT2D eigenvalue weighted by atomic mass is 35.5. The van der Waals surface area contributed by atoms with Crippen molar-refractivity contribution in [3.05, 3.63) is 29.3 Å². The SMILES string of the molecule is O=C1c2ccc(S(=O)(=O)N3CCCO3)cc2CC1(Cl)Cl. The molecule has 0 amide bonds. The van der Waals surface area contributed by atoms with Crippen molar-refractivity contribution in [3.63, 3.8) is 0 Å². The summed E-state index contributed by atoms with van der Waals surface area (Å²) in [7, 11) is -3.70. The van der Waals surface area contributed by atoms with Crippen LogP contribution in [0.3, 0.4) is 0 Å². The number of sulfonamides is 1. The zero-order valence-electron chi connectivity index (χ0n) is 10.3. The van der Waals surface area contributed by atoms with Crippen molar-refractivity contribution in [3.8, 4) is 0 Å². The average Bonchev–Trinajstić information content (AvgIpc) is 2.97. The van der Waals surface area contributed by atoms with Gasteiger partial charge in [0.05, 0.1) is 11.5 Å². The van der Waals surface area contributed by atoms with Gasteiger partial charge in [-0.25, -0.2) is 8.42 Å². The molecule has 1 aliphatic carbocycles. The summed E-state index contributed by atoms with van der Waals surface area (Å²) in [5.41, 5.74) is 0.913. The molecular weight excluding hydrogens is 325 g/mol. The van der Waals surface area contributed by atoms with E-state index in [1.165, 1.54) is 18.2 Å². The predicted octanol–water partition coefficient (Wildman–Crippen LogP) is 1.93. The Kier molecular flexibility index (Phi) is 3.34. The number of Topliss-reactive ketones (excluding diaryl/α,β-unsaturated/α-hetero) is 1. The van der Waals surface area contributed by atoms with E-state index in [1.54, 1.807) is 0 Å². The van der Waals surface area contributed by atoms with Crippen LogP contribution in [0.4, 0.5) is 0 Å². The van der Waals surface area contributed by atoms with Gasteiger partial charge in [-0.15, -0.1) is 0 Å². The lowest BCUT2D eigenvalue weighted by Gasteiger charge is -2.14. The van der Waals surface area contributed by atoms with Crippen LogP contribution in [0.2, 0.25) is 0 Å². The summed E-state index contributed by atoms with van der Waals surface area (Å²) >= 11 is 11.8. The number of nitrogens with zero attached hydrogens (tertiary/aromatic N) is 1. The number of carbonyl (C=O) groups excluding carboxylic acids is 1. The van der Waals surface area contributed by atoms with Gasteiger partial charge in [0.1, 0.15) is 0 Å². The van der Waals surface area contributed by atoms with E-state index in [4.69, 9.17) is 28.0 Å². The lowest BCUT2D eigenvalue weighted by molar-refractivity contribution is -0.0284. The van der Waals surface area contributed by atoms with Gasteiger partial charge in [-0.3, -0.25) is 9.63 Å². The summed E-state index contributed by atoms with van der Waals surface area (Å²) in [5.74, 6) is -0.391. The Morgan fingerprint density at radius 2 is 2.05 bits per heavy atom. The van der Waals surface area contributed by atoms with Crippen molar-refractivity contribution < 1.29 is 18.0 Å². The molecular formula is C12H11Cl2NO4S. The van der Waals surface area contributed by atoms with Gasteiger partial charge in [0.25, 0.3) is 10.0 Å². The third-order valence-electron chi connectivity index (χ3n) is 3.35. The minimum absolute atomic E-state index is 0.0805. The molecule has 0 saturated carbocycles. The second-order valence-electron chi connectivity index (χ2n) is 4.75. The molecule has 0 N–H and O–H groups in total. The van der Waals surface area contributed by atoms with Crippen LogP contribution in [0, 0.1) is 0 Å². The topological polar surface area (TPSA) is 63.7 Å². The van der Waals surface area contributed by atoms with Crippen LogP contribution in [0.25, 0.3) is 0 Å². The van der Waals surface area contributed by atoms with Crippen molar-refractivity contribution in [2.45, 2.75) is 22.1 Å². The summed E-state index contributed by atoms with van der Waals surface area (Å²) in [4.78, 5) is 17.0. The van der Waals surface area contributed by atoms with Gasteiger partial charge in [0, 0.05) is 18.5 Å². The van der Waals surface area contributed by atoms with E-state index >= 15 is 0 Å². The molecule has 0 radical (unpaired) electrons. The minimum atomic E-state index is -3.70. The number of carbonyl (C=O) groups is 1. The molecule has 1 fully saturated rings. The maximum atomic E-state index is 12.3. The van der Waals surface area contributed by atoms with Crippen molar-refractivity contribution in [2.24, 2.45) is 0 Å². The number of alkyl halides is 2. The number of ketones is 1. The number of hydrogen-bond donors (Lipinski definition) is 0. The Balaban J connectivity index is 2.01. The Morgan fingerprint density at radius 1 is 1.30 bits per heavy atom. The van der Waals surface area contributed by atoms with E-state index < -0.39 is 20.1 Å². The zero-order chi connectivity index (χ0) is 14.5. The average molecular weight is 336 g/mol. The summed E-state index contributed by atoms with van der Waals surface area (Å²) in [6.07, 6.45) is 0.767. The molecule has 1 aliphatic heterocycles. The summed E-state index contributed by atoms with van der Waals surface area (Å²) in [6.45, 7) is 0.711. The van der Waals surface area contributed by atoms with Crippen LogP contribution in [0.5, 0.6) is 0 Å². The highest BCUT2D eigenvalue weighted by Gasteiger charge is 2.43. The molecule has 0 bridgehead atoms. The fraction of sp³-hybridized carbons (Fsp3) is 0.417. The lowest BCUT2D eigenvalue weighted by atomic mass is 10.1. The Labute approximate surface area is 126 Å². The van der Waals surface area contributed by atoms with Crippen molar-refractivity contribution in [1.82, 2.24) is 4.47 Å². The predicted molar refractivity (Wildman–Crippen MR) is 73.4 cm³/mol. The summed E-state index contributed by atoms with van der Waals surface area (Å²) in [5, 5.41) is 0.